The summed E-state index contributed by atoms with van der Waals surface area (Å²) >= 11 is 0. The number of nitrogens with two attached hydrogens (primary N) is 1. The van der Waals surface area contributed by atoms with Crippen LogP contribution in [-0.2, 0) is 34.8 Å². The minimum atomic E-state index is -1.03. The summed E-state index contributed by atoms with van der Waals surface area (Å²) in [7, 11) is 1.95. The molecule has 3 aliphatic rings. The third-order valence-corrected chi connectivity index (χ3v) is 12.5. The number of carbonyl (C=O) groups excluding carboxylic acids is 4. The standard InChI is InChI=1S/C42H60N8O9S.CH5N/c1-43-37(52)13-12-34(30-51)50-41(54)35-9-5-10-36(39(35)42(50)55)46-19-23-58-25-27-59-26-24-57-22-18-45-17-6-28-60(56)48-20-15-32(16-21-48)47-29-31-11-14-38(53)49(40(31)44-2)33-7-3-4-8-33;1-2/h5,9-11,14,29-30,32-34,45-46H,2-4,6-8,12-13,15-28H2,1H3,(H,43,52);2H2,1H3. The Bertz CT molecular complexity index is 1880. The molecule has 342 valence electrons. The van der Waals surface area contributed by atoms with Crippen molar-refractivity contribution < 1.29 is 37.6 Å². The van der Waals surface area contributed by atoms with Crippen LogP contribution in [0.2, 0.25) is 0 Å². The van der Waals surface area contributed by atoms with Gasteiger partial charge in [-0.2, -0.15) is 0 Å². The Balaban J connectivity index is 0.00000416. The molecule has 2 unspecified atom stereocenters. The van der Waals surface area contributed by atoms with E-state index in [1.807, 2.05) is 10.5 Å². The maximum atomic E-state index is 13.2. The number of anilines is 1. The van der Waals surface area contributed by atoms with Crippen molar-refractivity contribution in [1.82, 2.24) is 24.4 Å². The van der Waals surface area contributed by atoms with Gasteiger partial charge in [0.2, 0.25) is 5.91 Å². The van der Waals surface area contributed by atoms with Crippen LogP contribution < -0.4 is 27.2 Å². The van der Waals surface area contributed by atoms with Crippen LogP contribution in [0.25, 0.3) is 0 Å². The molecule has 3 amide bonds. The maximum absolute atomic E-state index is 13.2. The second-order valence-corrected chi connectivity index (χ2v) is 16.4. The van der Waals surface area contributed by atoms with E-state index in [1.165, 1.54) is 14.1 Å². The van der Waals surface area contributed by atoms with E-state index in [0.29, 0.717) is 76.3 Å². The van der Waals surface area contributed by atoms with Crippen molar-refractivity contribution in [2.24, 2.45) is 15.7 Å². The van der Waals surface area contributed by atoms with E-state index in [-0.39, 0.29) is 47.5 Å². The van der Waals surface area contributed by atoms with Gasteiger partial charge >= 0.3 is 0 Å². The molecule has 1 saturated carbocycles. The predicted molar refractivity (Wildman–Crippen MR) is 241 cm³/mol. The predicted octanol–water partition coefficient (Wildman–Crippen LogP) is 2.25. The fourth-order valence-corrected chi connectivity index (χ4v) is 8.92. The number of rotatable bonds is 27. The number of benzene rings is 1. The Morgan fingerprint density at radius 3 is 2.27 bits per heavy atom. The molecule has 1 aromatic carbocycles. The van der Waals surface area contributed by atoms with E-state index < -0.39 is 28.8 Å². The van der Waals surface area contributed by atoms with Gasteiger partial charge in [-0.05, 0) is 77.0 Å². The molecular weight excluding hydrogens is 819 g/mol. The highest BCUT2D eigenvalue weighted by Crippen LogP contribution is 2.33. The highest BCUT2D eigenvalue weighted by Gasteiger charge is 2.41. The molecule has 2 atom stereocenters. The fraction of sp³-hybridized carbons (Fsp3) is 0.605. The molecule has 0 spiro atoms. The lowest BCUT2D eigenvalue weighted by Crippen LogP contribution is -2.41. The van der Waals surface area contributed by atoms with Crippen molar-refractivity contribution in [3.63, 3.8) is 0 Å². The number of amides is 3. The van der Waals surface area contributed by atoms with Gasteiger partial charge in [-0.15, -0.1) is 0 Å². The molecule has 1 saturated heterocycles. The molecule has 19 heteroatoms. The van der Waals surface area contributed by atoms with E-state index >= 15 is 0 Å². The van der Waals surface area contributed by atoms with Crippen LogP contribution in [0.15, 0.2) is 45.1 Å². The third-order valence-electron chi connectivity index (χ3n) is 10.9. The van der Waals surface area contributed by atoms with E-state index in [2.05, 4.69) is 33.4 Å². The van der Waals surface area contributed by atoms with Crippen molar-refractivity contribution in [2.45, 2.75) is 75.9 Å². The number of nitrogens with zero attached hydrogens (tertiary/aromatic N) is 5. The van der Waals surface area contributed by atoms with Crippen LogP contribution >= 0.6 is 0 Å². The fourth-order valence-electron chi connectivity index (χ4n) is 7.66. The number of hydrogen-bond acceptors (Lipinski definition) is 14. The number of aldehydes is 1. The number of hydrogen-bond donors (Lipinski definition) is 4. The topological polar surface area (TPSA) is 228 Å². The van der Waals surface area contributed by atoms with Crippen LogP contribution in [0.1, 0.15) is 90.1 Å². The summed E-state index contributed by atoms with van der Waals surface area (Å²) in [5.74, 6) is -0.211. The van der Waals surface area contributed by atoms with Crippen LogP contribution in [0, 0.1) is 0 Å². The molecular formula is C43H65N9O9S. The Labute approximate surface area is 367 Å². The first-order chi connectivity index (χ1) is 30.3. The smallest absolute Gasteiger partial charge is 0.264 e. The largest absolute Gasteiger partial charge is 0.382 e. The number of pyridine rings is 1. The number of imide groups is 1. The lowest BCUT2D eigenvalue weighted by molar-refractivity contribution is -0.121. The Kier molecular flexibility index (Phi) is 22.3. The quantitative estimate of drug-likeness (QED) is 0.0439. The molecule has 0 bridgehead atoms. The lowest BCUT2D eigenvalue weighted by Gasteiger charge is -2.29. The molecule has 5 rings (SSSR count). The van der Waals surface area contributed by atoms with Gasteiger partial charge in [-0.1, -0.05) is 18.9 Å². The van der Waals surface area contributed by atoms with E-state index in [4.69, 9.17) is 19.2 Å². The minimum Gasteiger partial charge on any atom is -0.382 e. The summed E-state index contributed by atoms with van der Waals surface area (Å²) in [6.45, 7) is 9.52. The molecule has 18 nitrogen and oxygen atoms in total. The Morgan fingerprint density at radius 2 is 1.61 bits per heavy atom. The summed E-state index contributed by atoms with van der Waals surface area (Å²) in [5, 5.41) is 8.95. The highest BCUT2D eigenvalue weighted by molar-refractivity contribution is 7.82. The monoisotopic (exact) mass is 883 g/mol. The second kappa shape index (κ2) is 27.5. The zero-order valence-corrected chi connectivity index (χ0v) is 37.0. The van der Waals surface area contributed by atoms with Crippen molar-refractivity contribution in [1.29, 1.82) is 0 Å². The van der Waals surface area contributed by atoms with Crippen LogP contribution in [0.5, 0.6) is 0 Å². The first kappa shape index (κ1) is 50.1. The molecule has 62 heavy (non-hydrogen) atoms. The molecule has 2 fully saturated rings. The van der Waals surface area contributed by atoms with Gasteiger partial charge < -0.3 is 40.7 Å². The SMILES string of the molecule is C=Nc1c(C=NC2CCN(S(=O)CCCNCCOCCOCCOCCNc3cccc4c3C(=O)N(C(C=O)CCC(=O)NC)C4=O)CC2)ccc(=O)n1C1CCCC1.CN. The van der Waals surface area contributed by atoms with Gasteiger partial charge in [0.15, 0.2) is 0 Å². The lowest BCUT2D eigenvalue weighted by atomic mass is 10.1. The number of fused-ring (bicyclic) bond motifs is 1. The van der Waals surface area contributed by atoms with Crippen molar-refractivity contribution in [2.75, 3.05) is 97.5 Å². The Morgan fingerprint density at radius 1 is 0.935 bits per heavy atom. The van der Waals surface area contributed by atoms with Gasteiger partial charge in [0.05, 0.1) is 73.8 Å². The van der Waals surface area contributed by atoms with Crippen LogP contribution in [-0.4, -0.2) is 159 Å². The molecule has 2 aromatic rings. The van der Waals surface area contributed by atoms with Crippen molar-refractivity contribution >= 4 is 59.4 Å². The number of carbonyl (C=O) groups is 4. The molecule has 2 aliphatic heterocycles. The van der Waals surface area contributed by atoms with Gasteiger partial charge in [0, 0.05) is 75.0 Å². The average Bonchev–Trinajstić information content (AvgIpc) is 3.92. The summed E-state index contributed by atoms with van der Waals surface area (Å²) in [6, 6.07) is 7.57. The molecule has 1 aliphatic carbocycles. The maximum Gasteiger partial charge on any atom is 0.264 e. The van der Waals surface area contributed by atoms with E-state index in [9.17, 15) is 28.2 Å². The summed E-state index contributed by atoms with van der Waals surface area (Å²) in [4.78, 5) is 72.1. The van der Waals surface area contributed by atoms with Gasteiger partial charge in [-0.3, -0.25) is 33.6 Å². The third kappa shape index (κ3) is 14.5. The normalized spacial score (nSPS) is 16.9. The second-order valence-electron chi connectivity index (χ2n) is 14.9. The molecule has 1 aromatic heterocycles. The molecule has 3 heterocycles. The number of ether oxygens (including phenoxy) is 3. The first-order valence-electron chi connectivity index (χ1n) is 21.6. The summed E-state index contributed by atoms with van der Waals surface area (Å²) in [5.41, 5.74) is 6.16. The zero-order chi connectivity index (χ0) is 44.7. The first-order valence-corrected chi connectivity index (χ1v) is 22.9. The minimum absolute atomic E-state index is 0.0116. The molecule has 0 radical (unpaired) electrons. The van der Waals surface area contributed by atoms with Crippen LogP contribution in [0.3, 0.4) is 0 Å². The van der Waals surface area contributed by atoms with Gasteiger partial charge in [-0.25, -0.2) is 13.5 Å². The highest BCUT2D eigenvalue weighted by atomic mass is 32.2. The summed E-state index contributed by atoms with van der Waals surface area (Å²) < 4.78 is 33.6. The average molecular weight is 884 g/mol. The number of nitrogens with one attached hydrogen (secondary N) is 3. The van der Waals surface area contributed by atoms with Gasteiger partial charge in [0.1, 0.15) is 12.1 Å². The molecule has 5 N–H and O–H groups in total. The van der Waals surface area contributed by atoms with Crippen molar-refractivity contribution in [3.8, 4) is 0 Å². The zero-order valence-electron chi connectivity index (χ0n) is 36.2. The number of aromatic nitrogens is 1. The van der Waals surface area contributed by atoms with Crippen LogP contribution in [0.4, 0.5) is 11.5 Å². The van der Waals surface area contributed by atoms with E-state index in [0.717, 1.165) is 75.0 Å². The van der Waals surface area contributed by atoms with Gasteiger partial charge in [0.25, 0.3) is 17.4 Å². The van der Waals surface area contributed by atoms with E-state index in [1.54, 1.807) is 34.9 Å². The Hall–Kier alpha value is -4.50. The number of piperidine rings is 1. The number of aliphatic imine (C=N–C) groups is 2. The van der Waals surface area contributed by atoms with Crippen molar-refractivity contribution in [3.05, 3.63) is 57.4 Å². The summed E-state index contributed by atoms with van der Waals surface area (Å²) in [6.07, 6.45) is 9.07.